The Bertz CT molecular complexity index is 652. The van der Waals surface area contributed by atoms with Crippen molar-refractivity contribution in [2.24, 2.45) is 0 Å². The van der Waals surface area contributed by atoms with Gasteiger partial charge in [-0.2, -0.15) is 8.42 Å². The van der Waals surface area contributed by atoms with Crippen LogP contribution in [0.1, 0.15) is 6.92 Å². The molecule has 7 heteroatoms. The number of benzene rings is 1. The third-order valence-electron chi connectivity index (χ3n) is 2.33. The Morgan fingerprint density at radius 3 is 2.83 bits per heavy atom. The van der Waals surface area contributed by atoms with E-state index in [0.29, 0.717) is 12.2 Å². The Morgan fingerprint density at radius 2 is 2.22 bits per heavy atom. The van der Waals surface area contributed by atoms with Crippen LogP contribution < -0.4 is 4.72 Å². The van der Waals surface area contributed by atoms with Crippen molar-refractivity contribution in [3.05, 3.63) is 41.3 Å². The molecule has 0 radical (unpaired) electrons. The van der Waals surface area contributed by atoms with E-state index in [1.165, 1.54) is 12.5 Å². The highest BCUT2D eigenvalue weighted by molar-refractivity contribution is 9.10. The van der Waals surface area contributed by atoms with Crippen LogP contribution in [0.3, 0.4) is 0 Å². The van der Waals surface area contributed by atoms with Gasteiger partial charge in [-0.15, -0.1) is 0 Å². The molecule has 0 saturated heterocycles. The van der Waals surface area contributed by atoms with Crippen LogP contribution in [0.15, 0.2) is 46.3 Å². The second-order valence-electron chi connectivity index (χ2n) is 3.66. The molecule has 0 aliphatic heterocycles. The summed E-state index contributed by atoms with van der Waals surface area (Å²) in [6.07, 6.45) is 3.00. The molecule has 0 bridgehead atoms. The molecular formula is C11H12BrN3O2S. The van der Waals surface area contributed by atoms with Crippen LogP contribution in [0, 0.1) is 0 Å². The summed E-state index contributed by atoms with van der Waals surface area (Å²) in [5, 5.41) is 0.0179. The van der Waals surface area contributed by atoms with E-state index in [2.05, 4.69) is 25.6 Å². The molecule has 96 valence electrons. The second kappa shape index (κ2) is 5.11. The average Bonchev–Trinajstić information content (AvgIpc) is 2.77. The first-order chi connectivity index (χ1) is 8.51. The Labute approximate surface area is 114 Å². The lowest BCUT2D eigenvalue weighted by atomic mass is 10.3. The van der Waals surface area contributed by atoms with Gasteiger partial charge in [-0.1, -0.05) is 22.0 Å². The highest BCUT2D eigenvalue weighted by Gasteiger charge is 2.17. The number of aromatic nitrogens is 2. The Kier molecular flexibility index (Phi) is 3.72. The smallest absolute Gasteiger partial charge is 0.280 e. The van der Waals surface area contributed by atoms with Crippen molar-refractivity contribution in [3.8, 4) is 0 Å². The van der Waals surface area contributed by atoms with Crippen molar-refractivity contribution >= 4 is 31.6 Å². The van der Waals surface area contributed by atoms with Crippen LogP contribution in [0.25, 0.3) is 0 Å². The van der Waals surface area contributed by atoms with Gasteiger partial charge >= 0.3 is 0 Å². The van der Waals surface area contributed by atoms with Gasteiger partial charge in [-0.05, 0) is 25.1 Å². The summed E-state index contributed by atoms with van der Waals surface area (Å²) in [4.78, 5) is 3.88. The molecular weight excluding hydrogens is 318 g/mol. The van der Waals surface area contributed by atoms with Crippen molar-refractivity contribution in [1.82, 2.24) is 9.55 Å². The summed E-state index contributed by atoms with van der Waals surface area (Å²) >= 11 is 3.29. The standard InChI is InChI=1S/C11H12BrN3O2S/c1-2-15-7-11(13-8-15)18(16,17)14-10-5-3-4-9(12)6-10/h3-8,14H,2H2,1H3. The molecule has 1 aromatic carbocycles. The van der Waals surface area contributed by atoms with Gasteiger partial charge in [0.2, 0.25) is 0 Å². The van der Waals surface area contributed by atoms with Crippen LogP contribution in [0.5, 0.6) is 0 Å². The summed E-state index contributed by atoms with van der Waals surface area (Å²) in [6.45, 7) is 2.60. The van der Waals surface area contributed by atoms with Gasteiger partial charge in [-0.25, -0.2) is 4.98 Å². The zero-order valence-corrected chi connectivity index (χ0v) is 12.1. The fourth-order valence-electron chi connectivity index (χ4n) is 1.41. The van der Waals surface area contributed by atoms with Gasteiger partial charge in [0.15, 0.2) is 5.03 Å². The lowest BCUT2D eigenvalue weighted by Crippen LogP contribution is -2.13. The first-order valence-electron chi connectivity index (χ1n) is 5.31. The van der Waals surface area contributed by atoms with E-state index in [1.54, 1.807) is 22.8 Å². The van der Waals surface area contributed by atoms with E-state index in [9.17, 15) is 8.42 Å². The minimum absolute atomic E-state index is 0.0179. The van der Waals surface area contributed by atoms with Crippen LogP contribution in [-0.2, 0) is 16.6 Å². The number of aryl methyl sites for hydroxylation is 1. The maximum absolute atomic E-state index is 12.0. The largest absolute Gasteiger partial charge is 0.336 e. The lowest BCUT2D eigenvalue weighted by Gasteiger charge is -2.05. The van der Waals surface area contributed by atoms with Crippen molar-refractivity contribution in [1.29, 1.82) is 0 Å². The molecule has 1 heterocycles. The normalized spacial score (nSPS) is 11.4. The van der Waals surface area contributed by atoms with Gasteiger partial charge in [-0.3, -0.25) is 4.72 Å². The predicted molar refractivity (Wildman–Crippen MR) is 72.9 cm³/mol. The van der Waals surface area contributed by atoms with E-state index < -0.39 is 10.0 Å². The van der Waals surface area contributed by atoms with Crippen LogP contribution in [0.4, 0.5) is 5.69 Å². The third-order valence-corrected chi connectivity index (χ3v) is 4.09. The molecule has 0 aliphatic rings. The Morgan fingerprint density at radius 1 is 1.44 bits per heavy atom. The molecule has 0 unspecified atom stereocenters. The van der Waals surface area contributed by atoms with Gasteiger partial charge in [0.1, 0.15) is 0 Å². The number of hydrogen-bond acceptors (Lipinski definition) is 3. The maximum Gasteiger partial charge on any atom is 0.280 e. The molecule has 1 aromatic heterocycles. The summed E-state index contributed by atoms with van der Waals surface area (Å²) < 4.78 is 29.1. The summed E-state index contributed by atoms with van der Waals surface area (Å²) in [7, 11) is -3.62. The predicted octanol–water partition coefficient (Wildman–Crippen LogP) is 2.47. The molecule has 2 aromatic rings. The Balaban J connectivity index is 2.27. The number of imidazole rings is 1. The number of sulfonamides is 1. The van der Waals surface area contributed by atoms with Crippen LogP contribution in [-0.4, -0.2) is 18.0 Å². The first-order valence-corrected chi connectivity index (χ1v) is 7.59. The van der Waals surface area contributed by atoms with Gasteiger partial charge < -0.3 is 4.57 Å². The minimum atomic E-state index is -3.62. The topological polar surface area (TPSA) is 64.0 Å². The van der Waals surface area contributed by atoms with Gasteiger partial charge in [0, 0.05) is 22.9 Å². The molecule has 5 nitrogen and oxygen atoms in total. The number of halogens is 1. The molecule has 0 atom stereocenters. The van der Waals surface area contributed by atoms with Crippen LogP contribution >= 0.6 is 15.9 Å². The third kappa shape index (κ3) is 2.91. The maximum atomic E-state index is 12.0. The number of nitrogens with one attached hydrogen (secondary N) is 1. The van der Waals surface area contributed by atoms with Crippen molar-refractivity contribution in [2.75, 3.05) is 4.72 Å². The molecule has 0 amide bonds. The average molecular weight is 330 g/mol. The van der Waals surface area contributed by atoms with E-state index in [1.807, 2.05) is 13.0 Å². The van der Waals surface area contributed by atoms with E-state index in [0.717, 1.165) is 4.47 Å². The number of rotatable bonds is 4. The molecule has 0 fully saturated rings. The SMILES string of the molecule is CCn1cnc(S(=O)(=O)Nc2cccc(Br)c2)c1. The van der Waals surface area contributed by atoms with Gasteiger partial charge in [0.05, 0.1) is 6.33 Å². The minimum Gasteiger partial charge on any atom is -0.336 e. The van der Waals surface area contributed by atoms with Crippen LogP contribution in [0.2, 0.25) is 0 Å². The molecule has 2 rings (SSSR count). The van der Waals surface area contributed by atoms with Crippen molar-refractivity contribution in [3.63, 3.8) is 0 Å². The molecule has 0 saturated carbocycles. The monoisotopic (exact) mass is 329 g/mol. The lowest BCUT2D eigenvalue weighted by molar-refractivity contribution is 0.598. The zero-order valence-electron chi connectivity index (χ0n) is 9.67. The molecule has 0 spiro atoms. The molecule has 1 N–H and O–H groups in total. The molecule has 18 heavy (non-hydrogen) atoms. The highest BCUT2D eigenvalue weighted by Crippen LogP contribution is 2.18. The first kappa shape index (κ1) is 13.1. The summed E-state index contributed by atoms with van der Waals surface area (Å²) in [5.41, 5.74) is 0.496. The number of anilines is 1. The fourth-order valence-corrected chi connectivity index (χ4v) is 2.81. The zero-order chi connectivity index (χ0) is 13.2. The van der Waals surface area contributed by atoms with Crippen molar-refractivity contribution in [2.45, 2.75) is 18.5 Å². The number of nitrogens with zero attached hydrogens (tertiary/aromatic N) is 2. The Hall–Kier alpha value is -1.34. The summed E-state index contributed by atoms with van der Waals surface area (Å²) in [5.74, 6) is 0. The quantitative estimate of drug-likeness (QED) is 0.937. The van der Waals surface area contributed by atoms with Gasteiger partial charge in [0.25, 0.3) is 10.0 Å². The van der Waals surface area contributed by atoms with E-state index >= 15 is 0 Å². The van der Waals surface area contributed by atoms with E-state index in [-0.39, 0.29) is 5.03 Å². The highest BCUT2D eigenvalue weighted by atomic mass is 79.9. The summed E-state index contributed by atoms with van der Waals surface area (Å²) in [6, 6.07) is 6.95. The fraction of sp³-hybridized carbons (Fsp3) is 0.182. The van der Waals surface area contributed by atoms with E-state index in [4.69, 9.17) is 0 Å². The van der Waals surface area contributed by atoms with Crippen molar-refractivity contribution < 1.29 is 8.42 Å². The number of hydrogen-bond donors (Lipinski definition) is 1. The second-order valence-corrected chi connectivity index (χ2v) is 6.20. The molecule has 0 aliphatic carbocycles.